The monoisotopic (exact) mass is 225 g/mol. The molecule has 16 heavy (non-hydrogen) atoms. The van der Waals surface area contributed by atoms with E-state index < -0.39 is 0 Å². The Bertz CT molecular complexity index is 216. The number of nitrogens with one attached hydrogen (secondary N) is 1. The number of ether oxygens (including phenoxy) is 1. The quantitative estimate of drug-likeness (QED) is 0.577. The number of hydrogen-bond acceptors (Lipinski definition) is 3. The standard InChI is InChI=1S/C10H19NO.C3H4O/c1-12-9-4-7-11-10(8-9)5-2-3-6-10;1-2-3-4/h9,11H,2-8H2,1H3;2-3H,1H2. The number of aldehydes is 1. The second kappa shape index (κ2) is 6.81. The predicted molar refractivity (Wildman–Crippen MR) is 65.5 cm³/mol. The van der Waals surface area contributed by atoms with Gasteiger partial charge in [0.15, 0.2) is 0 Å². The van der Waals surface area contributed by atoms with Crippen LogP contribution in [-0.4, -0.2) is 31.6 Å². The first-order chi connectivity index (χ1) is 7.76. The van der Waals surface area contributed by atoms with Crippen LogP contribution in [0.2, 0.25) is 0 Å². The SMILES string of the molecule is C=CC=O.COC1CCNC2(CCCC2)C1. The van der Waals surface area contributed by atoms with Crippen LogP contribution >= 0.6 is 0 Å². The Hall–Kier alpha value is -0.670. The van der Waals surface area contributed by atoms with Crippen molar-refractivity contribution in [2.75, 3.05) is 13.7 Å². The Kier molecular flexibility index (Phi) is 5.71. The summed E-state index contributed by atoms with van der Waals surface area (Å²) in [5, 5.41) is 3.68. The smallest absolute Gasteiger partial charge is 0.142 e. The Balaban J connectivity index is 0.000000280. The van der Waals surface area contributed by atoms with Crippen LogP contribution in [0.25, 0.3) is 0 Å². The molecule has 1 aliphatic heterocycles. The minimum absolute atomic E-state index is 0.471. The van der Waals surface area contributed by atoms with Crippen LogP contribution in [0.1, 0.15) is 38.5 Å². The topological polar surface area (TPSA) is 38.3 Å². The number of piperidine rings is 1. The average Bonchev–Trinajstić information content (AvgIpc) is 2.77. The van der Waals surface area contributed by atoms with Crippen LogP contribution in [0.3, 0.4) is 0 Å². The molecule has 3 nitrogen and oxygen atoms in total. The fourth-order valence-electron chi connectivity index (χ4n) is 2.74. The van der Waals surface area contributed by atoms with Gasteiger partial charge in [0.1, 0.15) is 6.29 Å². The molecule has 2 aliphatic rings. The normalized spacial score (nSPS) is 26.9. The number of methoxy groups -OCH3 is 1. The van der Waals surface area contributed by atoms with Gasteiger partial charge in [-0.3, -0.25) is 4.79 Å². The number of hydrogen-bond donors (Lipinski definition) is 1. The van der Waals surface area contributed by atoms with E-state index in [0.29, 0.717) is 17.9 Å². The number of carbonyl (C=O) groups excluding carboxylic acids is 1. The molecule has 1 saturated heterocycles. The van der Waals surface area contributed by atoms with E-state index in [1.54, 1.807) is 0 Å². The summed E-state index contributed by atoms with van der Waals surface area (Å²) in [5.41, 5.74) is 0.471. The predicted octanol–water partition coefficient (Wildman–Crippen LogP) is 2.07. The lowest BCUT2D eigenvalue weighted by atomic mass is 9.86. The first-order valence-electron chi connectivity index (χ1n) is 6.10. The first kappa shape index (κ1) is 13.4. The van der Waals surface area contributed by atoms with Crippen molar-refractivity contribution in [3.8, 4) is 0 Å². The van der Waals surface area contributed by atoms with Gasteiger partial charge in [-0.1, -0.05) is 19.4 Å². The largest absolute Gasteiger partial charge is 0.381 e. The van der Waals surface area contributed by atoms with Crippen molar-refractivity contribution in [2.24, 2.45) is 0 Å². The summed E-state index contributed by atoms with van der Waals surface area (Å²) >= 11 is 0. The van der Waals surface area contributed by atoms with Gasteiger partial charge in [0.2, 0.25) is 0 Å². The molecule has 0 radical (unpaired) electrons. The Morgan fingerprint density at radius 2 is 2.06 bits per heavy atom. The van der Waals surface area contributed by atoms with Crippen LogP contribution in [0.5, 0.6) is 0 Å². The van der Waals surface area contributed by atoms with E-state index in [-0.39, 0.29) is 0 Å². The lowest BCUT2D eigenvalue weighted by Gasteiger charge is -2.38. The minimum Gasteiger partial charge on any atom is -0.381 e. The van der Waals surface area contributed by atoms with Crippen LogP contribution in [0, 0.1) is 0 Å². The lowest BCUT2D eigenvalue weighted by molar-refractivity contribution is -0.104. The molecule has 1 N–H and O–H groups in total. The molecule has 1 spiro atoms. The highest BCUT2D eigenvalue weighted by Crippen LogP contribution is 2.36. The molecule has 0 aromatic heterocycles. The van der Waals surface area contributed by atoms with Crippen LogP contribution in [-0.2, 0) is 9.53 Å². The molecule has 1 atom stereocenters. The molecule has 0 aromatic carbocycles. The first-order valence-corrected chi connectivity index (χ1v) is 6.10. The highest BCUT2D eigenvalue weighted by atomic mass is 16.5. The molecule has 0 bridgehead atoms. The molecule has 3 heteroatoms. The third-order valence-electron chi connectivity index (χ3n) is 3.57. The van der Waals surface area contributed by atoms with Gasteiger partial charge < -0.3 is 10.1 Å². The third kappa shape index (κ3) is 3.72. The Morgan fingerprint density at radius 1 is 1.44 bits per heavy atom. The summed E-state index contributed by atoms with van der Waals surface area (Å²) < 4.78 is 5.44. The van der Waals surface area contributed by atoms with E-state index in [0.717, 1.165) is 6.54 Å². The second-order valence-electron chi connectivity index (χ2n) is 4.64. The van der Waals surface area contributed by atoms with E-state index in [2.05, 4.69) is 11.9 Å². The summed E-state index contributed by atoms with van der Waals surface area (Å²) in [6, 6.07) is 0. The third-order valence-corrected chi connectivity index (χ3v) is 3.57. The van der Waals surface area contributed by atoms with Crippen LogP contribution in [0.15, 0.2) is 12.7 Å². The molecular formula is C13H23NO2. The van der Waals surface area contributed by atoms with E-state index >= 15 is 0 Å². The van der Waals surface area contributed by atoms with Gasteiger partial charge >= 0.3 is 0 Å². The molecule has 1 aliphatic carbocycles. The van der Waals surface area contributed by atoms with Crippen molar-refractivity contribution >= 4 is 6.29 Å². The maximum atomic E-state index is 9.06. The minimum atomic E-state index is 0.471. The Labute approximate surface area is 98.2 Å². The van der Waals surface area contributed by atoms with Gasteiger partial charge in [0.05, 0.1) is 6.10 Å². The molecule has 1 unspecified atom stereocenters. The molecule has 0 amide bonds. The van der Waals surface area contributed by atoms with Crippen molar-refractivity contribution in [2.45, 2.75) is 50.2 Å². The zero-order valence-corrected chi connectivity index (χ0v) is 10.2. The second-order valence-corrected chi connectivity index (χ2v) is 4.64. The average molecular weight is 225 g/mol. The fourth-order valence-corrected chi connectivity index (χ4v) is 2.74. The number of rotatable bonds is 2. The van der Waals surface area contributed by atoms with E-state index in [4.69, 9.17) is 9.53 Å². The van der Waals surface area contributed by atoms with Gasteiger partial charge in [-0.25, -0.2) is 0 Å². The van der Waals surface area contributed by atoms with Gasteiger partial charge in [-0.05, 0) is 38.3 Å². The molecule has 1 heterocycles. The molecule has 92 valence electrons. The summed E-state index contributed by atoms with van der Waals surface area (Å²) in [6.07, 6.45) is 10.3. The van der Waals surface area contributed by atoms with Crippen molar-refractivity contribution in [3.05, 3.63) is 12.7 Å². The maximum absolute atomic E-state index is 9.06. The summed E-state index contributed by atoms with van der Waals surface area (Å²) in [4.78, 5) is 9.06. The lowest BCUT2D eigenvalue weighted by Crippen LogP contribution is -2.50. The molecule has 2 rings (SSSR count). The summed E-state index contributed by atoms with van der Waals surface area (Å²) in [6.45, 7) is 4.26. The van der Waals surface area contributed by atoms with Crippen LogP contribution in [0.4, 0.5) is 0 Å². The van der Waals surface area contributed by atoms with E-state index in [1.165, 1.54) is 44.6 Å². The van der Waals surface area contributed by atoms with Crippen molar-refractivity contribution in [3.63, 3.8) is 0 Å². The summed E-state index contributed by atoms with van der Waals surface area (Å²) in [5.74, 6) is 0. The summed E-state index contributed by atoms with van der Waals surface area (Å²) in [7, 11) is 1.85. The van der Waals surface area contributed by atoms with Gasteiger partial charge in [-0.2, -0.15) is 0 Å². The number of carbonyl (C=O) groups is 1. The molecule has 1 saturated carbocycles. The molecule has 0 aromatic rings. The van der Waals surface area contributed by atoms with Gasteiger partial charge in [0, 0.05) is 12.6 Å². The maximum Gasteiger partial charge on any atom is 0.142 e. The van der Waals surface area contributed by atoms with Crippen molar-refractivity contribution < 1.29 is 9.53 Å². The molecular weight excluding hydrogens is 202 g/mol. The highest BCUT2D eigenvalue weighted by Gasteiger charge is 2.38. The zero-order chi connectivity index (χ0) is 11.9. The van der Waals surface area contributed by atoms with Crippen molar-refractivity contribution in [1.29, 1.82) is 0 Å². The highest BCUT2D eigenvalue weighted by molar-refractivity contribution is 5.63. The van der Waals surface area contributed by atoms with Gasteiger partial charge in [0.25, 0.3) is 0 Å². The fraction of sp³-hybridized carbons (Fsp3) is 0.769. The van der Waals surface area contributed by atoms with Gasteiger partial charge in [-0.15, -0.1) is 0 Å². The van der Waals surface area contributed by atoms with E-state index in [9.17, 15) is 0 Å². The Morgan fingerprint density at radius 3 is 2.56 bits per heavy atom. The van der Waals surface area contributed by atoms with Crippen LogP contribution < -0.4 is 5.32 Å². The van der Waals surface area contributed by atoms with E-state index in [1.807, 2.05) is 7.11 Å². The van der Waals surface area contributed by atoms with Crippen molar-refractivity contribution in [1.82, 2.24) is 5.32 Å². The molecule has 2 fully saturated rings. The number of allylic oxidation sites excluding steroid dienone is 1. The zero-order valence-electron chi connectivity index (χ0n) is 10.2.